The minimum atomic E-state index is 0.632. The molecule has 0 bridgehead atoms. The lowest BCUT2D eigenvalue weighted by Crippen LogP contribution is -1.89. The van der Waals surface area contributed by atoms with Gasteiger partial charge in [-0.25, -0.2) is 4.98 Å². The summed E-state index contributed by atoms with van der Waals surface area (Å²) in [5, 5.41) is 3.44. The van der Waals surface area contributed by atoms with E-state index in [1.807, 2.05) is 36.7 Å². The minimum Gasteiger partial charge on any atom is -0.481 e. The predicted molar refractivity (Wildman–Crippen MR) is 89.0 cm³/mol. The number of rotatable bonds is 2. The number of hydrogen-bond acceptors (Lipinski definition) is 3. The van der Waals surface area contributed by atoms with Crippen LogP contribution >= 0.6 is 0 Å². The maximum absolute atomic E-state index is 5.17. The van der Waals surface area contributed by atoms with Crippen LogP contribution in [-0.4, -0.2) is 17.1 Å². The lowest BCUT2D eigenvalue weighted by Gasteiger charge is -2.08. The summed E-state index contributed by atoms with van der Waals surface area (Å²) < 4.78 is 5.17. The molecule has 0 atom stereocenters. The van der Waals surface area contributed by atoms with Crippen molar-refractivity contribution in [1.82, 2.24) is 9.97 Å². The molecule has 0 saturated carbocycles. The third-order valence-electron chi connectivity index (χ3n) is 3.85. The normalized spacial score (nSPS) is 11.0. The molecule has 106 valence electrons. The first-order valence-corrected chi connectivity index (χ1v) is 7.13. The molecule has 0 aliphatic rings. The maximum atomic E-state index is 5.17. The SMILES string of the molecule is COc1ccc2cc(-c3cncc4ccccc34)ccc2n1. The van der Waals surface area contributed by atoms with Crippen LogP contribution < -0.4 is 4.74 Å². The third kappa shape index (κ3) is 2.07. The van der Waals surface area contributed by atoms with E-state index in [1.54, 1.807) is 7.11 Å². The van der Waals surface area contributed by atoms with Gasteiger partial charge in [-0.1, -0.05) is 30.3 Å². The first kappa shape index (κ1) is 12.8. The zero-order valence-corrected chi connectivity index (χ0v) is 12.2. The first-order valence-electron chi connectivity index (χ1n) is 7.13. The second-order valence-electron chi connectivity index (χ2n) is 5.17. The highest BCUT2D eigenvalue weighted by Gasteiger charge is 2.06. The molecule has 0 radical (unpaired) electrons. The van der Waals surface area contributed by atoms with Gasteiger partial charge in [0.25, 0.3) is 0 Å². The van der Waals surface area contributed by atoms with Crippen molar-refractivity contribution < 1.29 is 4.74 Å². The number of methoxy groups -OCH3 is 1. The Morgan fingerprint density at radius 1 is 0.864 bits per heavy atom. The number of nitrogens with zero attached hydrogens (tertiary/aromatic N) is 2. The maximum Gasteiger partial charge on any atom is 0.213 e. The van der Waals surface area contributed by atoms with Crippen molar-refractivity contribution in [3.8, 4) is 17.0 Å². The quantitative estimate of drug-likeness (QED) is 0.545. The van der Waals surface area contributed by atoms with Crippen LogP contribution in [0.15, 0.2) is 67.0 Å². The Morgan fingerprint density at radius 3 is 2.68 bits per heavy atom. The van der Waals surface area contributed by atoms with E-state index in [4.69, 9.17) is 4.74 Å². The summed E-state index contributed by atoms with van der Waals surface area (Å²) in [4.78, 5) is 8.81. The number of fused-ring (bicyclic) bond motifs is 2. The van der Waals surface area contributed by atoms with Crippen LogP contribution in [0, 0.1) is 0 Å². The fourth-order valence-electron chi connectivity index (χ4n) is 2.73. The molecule has 0 amide bonds. The van der Waals surface area contributed by atoms with E-state index < -0.39 is 0 Å². The molecule has 4 rings (SSSR count). The lowest BCUT2D eigenvalue weighted by atomic mass is 9.99. The van der Waals surface area contributed by atoms with Crippen LogP contribution in [0.5, 0.6) is 5.88 Å². The van der Waals surface area contributed by atoms with E-state index in [1.165, 1.54) is 5.39 Å². The van der Waals surface area contributed by atoms with Crippen molar-refractivity contribution in [2.45, 2.75) is 0 Å². The van der Waals surface area contributed by atoms with Gasteiger partial charge in [0.2, 0.25) is 5.88 Å². The van der Waals surface area contributed by atoms with Crippen LogP contribution in [0.3, 0.4) is 0 Å². The van der Waals surface area contributed by atoms with Gasteiger partial charge in [-0.3, -0.25) is 4.98 Å². The molecule has 3 nitrogen and oxygen atoms in total. The highest BCUT2D eigenvalue weighted by Crippen LogP contribution is 2.30. The van der Waals surface area contributed by atoms with Gasteiger partial charge in [0.1, 0.15) is 0 Å². The number of aromatic nitrogens is 2. The molecule has 2 heterocycles. The summed E-state index contributed by atoms with van der Waals surface area (Å²) in [6, 6.07) is 18.5. The Bertz CT molecular complexity index is 974. The fourth-order valence-corrected chi connectivity index (χ4v) is 2.73. The van der Waals surface area contributed by atoms with Crippen molar-refractivity contribution in [2.75, 3.05) is 7.11 Å². The van der Waals surface area contributed by atoms with Crippen LogP contribution in [-0.2, 0) is 0 Å². The first-order chi connectivity index (χ1) is 10.8. The average molecular weight is 286 g/mol. The van der Waals surface area contributed by atoms with Crippen molar-refractivity contribution in [3.05, 3.63) is 67.0 Å². The van der Waals surface area contributed by atoms with Gasteiger partial charge in [-0.05, 0) is 29.1 Å². The summed E-state index contributed by atoms with van der Waals surface area (Å²) >= 11 is 0. The van der Waals surface area contributed by atoms with E-state index in [9.17, 15) is 0 Å². The van der Waals surface area contributed by atoms with E-state index in [0.717, 1.165) is 27.4 Å². The molecular formula is C19H14N2O. The van der Waals surface area contributed by atoms with Gasteiger partial charge in [-0.2, -0.15) is 0 Å². The van der Waals surface area contributed by atoms with E-state index in [0.29, 0.717) is 5.88 Å². The van der Waals surface area contributed by atoms with Crippen molar-refractivity contribution in [3.63, 3.8) is 0 Å². The summed E-state index contributed by atoms with van der Waals surface area (Å²) in [6.07, 6.45) is 3.81. The molecule has 0 saturated heterocycles. The largest absolute Gasteiger partial charge is 0.481 e. The Kier molecular flexibility index (Phi) is 2.97. The second-order valence-corrected chi connectivity index (χ2v) is 5.17. The smallest absolute Gasteiger partial charge is 0.213 e. The van der Waals surface area contributed by atoms with E-state index in [2.05, 4.69) is 40.3 Å². The monoisotopic (exact) mass is 286 g/mol. The molecular weight excluding hydrogens is 272 g/mol. The molecule has 22 heavy (non-hydrogen) atoms. The van der Waals surface area contributed by atoms with Crippen molar-refractivity contribution >= 4 is 21.7 Å². The van der Waals surface area contributed by atoms with Gasteiger partial charge in [0.15, 0.2) is 0 Å². The van der Waals surface area contributed by atoms with Gasteiger partial charge >= 0.3 is 0 Å². The summed E-state index contributed by atoms with van der Waals surface area (Å²) in [6.45, 7) is 0. The van der Waals surface area contributed by atoms with Crippen molar-refractivity contribution in [2.24, 2.45) is 0 Å². The molecule has 0 spiro atoms. The standard InChI is InChI=1S/C19H14N2O/c1-22-19-9-7-14-10-13(6-8-18(14)21-19)17-12-20-11-15-4-2-3-5-16(15)17/h2-12H,1H3. The van der Waals surface area contributed by atoms with Crippen LogP contribution in [0.1, 0.15) is 0 Å². The molecule has 0 aliphatic heterocycles. The van der Waals surface area contributed by atoms with Gasteiger partial charge in [0, 0.05) is 34.8 Å². The molecule has 3 heteroatoms. The Balaban J connectivity index is 1.93. The minimum absolute atomic E-state index is 0.632. The summed E-state index contributed by atoms with van der Waals surface area (Å²) in [5.41, 5.74) is 3.20. The van der Waals surface area contributed by atoms with Crippen molar-refractivity contribution in [1.29, 1.82) is 0 Å². The van der Waals surface area contributed by atoms with Crippen LogP contribution in [0.4, 0.5) is 0 Å². The molecule has 2 aromatic carbocycles. The Hall–Kier alpha value is -2.94. The Labute approximate surface area is 128 Å². The zero-order chi connectivity index (χ0) is 14.9. The molecule has 0 aliphatic carbocycles. The third-order valence-corrected chi connectivity index (χ3v) is 3.85. The number of hydrogen-bond donors (Lipinski definition) is 0. The number of benzene rings is 2. The second kappa shape index (κ2) is 5.11. The molecule has 0 N–H and O–H groups in total. The van der Waals surface area contributed by atoms with Gasteiger partial charge in [-0.15, -0.1) is 0 Å². The topological polar surface area (TPSA) is 35.0 Å². The fraction of sp³-hybridized carbons (Fsp3) is 0.0526. The molecule has 2 aromatic heterocycles. The average Bonchev–Trinajstić information content (AvgIpc) is 2.60. The molecule has 4 aromatic rings. The zero-order valence-electron chi connectivity index (χ0n) is 12.2. The predicted octanol–water partition coefficient (Wildman–Crippen LogP) is 4.46. The number of pyridine rings is 2. The highest BCUT2D eigenvalue weighted by atomic mass is 16.5. The van der Waals surface area contributed by atoms with Gasteiger partial charge in [0.05, 0.1) is 12.6 Å². The summed E-state index contributed by atoms with van der Waals surface area (Å²) in [7, 11) is 1.63. The van der Waals surface area contributed by atoms with E-state index >= 15 is 0 Å². The number of ether oxygens (including phenoxy) is 1. The molecule has 0 fully saturated rings. The Morgan fingerprint density at radius 2 is 1.77 bits per heavy atom. The van der Waals surface area contributed by atoms with E-state index in [-0.39, 0.29) is 0 Å². The van der Waals surface area contributed by atoms with Gasteiger partial charge < -0.3 is 4.74 Å². The summed E-state index contributed by atoms with van der Waals surface area (Å²) in [5.74, 6) is 0.632. The highest BCUT2D eigenvalue weighted by molar-refractivity contribution is 5.97. The van der Waals surface area contributed by atoms with Crippen LogP contribution in [0.2, 0.25) is 0 Å². The lowest BCUT2D eigenvalue weighted by molar-refractivity contribution is 0.399. The molecule has 0 unspecified atom stereocenters. The van der Waals surface area contributed by atoms with Crippen LogP contribution in [0.25, 0.3) is 32.8 Å².